The molecule has 0 unspecified atom stereocenters. The Morgan fingerprint density at radius 3 is 2.02 bits per heavy atom. The van der Waals surface area contributed by atoms with E-state index in [1.165, 1.54) is 36.6 Å². The van der Waals surface area contributed by atoms with Crippen molar-refractivity contribution in [2.24, 2.45) is 4.36 Å². The van der Waals surface area contributed by atoms with Crippen molar-refractivity contribution in [2.75, 3.05) is 16.9 Å². The van der Waals surface area contributed by atoms with Gasteiger partial charge in [0.1, 0.15) is 11.2 Å². The molecule has 1 atom stereocenters. The molecule has 2 aromatic carbocycles. The first-order valence-corrected chi connectivity index (χ1v) is 14.9. The number of amides is 3. The van der Waals surface area contributed by atoms with Crippen molar-refractivity contribution in [3.05, 3.63) is 65.3 Å². The lowest BCUT2D eigenvalue weighted by atomic mass is 10.1. The van der Waals surface area contributed by atoms with Gasteiger partial charge in [0, 0.05) is 21.6 Å². The number of ether oxygens (including phenoxy) is 2. The first-order chi connectivity index (χ1) is 18.4. The van der Waals surface area contributed by atoms with Crippen LogP contribution in [0, 0.1) is 5.13 Å². The maximum absolute atomic E-state index is 13.6. The molecule has 0 spiro atoms. The third-order valence-corrected chi connectivity index (χ3v) is 7.52. The number of hydrogen-bond acceptors (Lipinski definition) is 7. The van der Waals surface area contributed by atoms with Gasteiger partial charge in [0.2, 0.25) is 0 Å². The van der Waals surface area contributed by atoms with Crippen molar-refractivity contribution in [1.82, 2.24) is 0 Å². The van der Waals surface area contributed by atoms with Gasteiger partial charge < -0.3 is 14.8 Å². The largest absolute Gasteiger partial charge is 0.444 e. The predicted octanol–water partition coefficient (Wildman–Crippen LogP) is 7.55. The molecule has 0 saturated carbocycles. The van der Waals surface area contributed by atoms with Crippen LogP contribution in [0.5, 0.6) is 0 Å². The average molecular weight is 590 g/mol. The van der Waals surface area contributed by atoms with E-state index in [0.29, 0.717) is 10.4 Å². The lowest BCUT2D eigenvalue weighted by molar-refractivity contribution is 0.0603. The van der Waals surface area contributed by atoms with Crippen LogP contribution in [0.25, 0.3) is 10.4 Å². The molecule has 3 amide bonds. The Kier molecular flexibility index (Phi) is 9.05. The van der Waals surface area contributed by atoms with Crippen LogP contribution >= 0.6 is 11.3 Å². The van der Waals surface area contributed by atoms with E-state index in [4.69, 9.17) is 9.47 Å². The smallest absolute Gasteiger partial charge is 0.442 e. The predicted molar refractivity (Wildman–Crippen MR) is 155 cm³/mol. The lowest BCUT2D eigenvalue weighted by Gasteiger charge is -2.21. The quantitative estimate of drug-likeness (QED) is 0.317. The minimum atomic E-state index is -3.12. The SMILES string of the molecule is CC(C)(C)OC(=O)N=[S@](C)(=O)c1ccc(C(=O)Nc2cc(-c3ccc(F)s3)ccc2NC(=O)OC(C)(C)C)cc1. The van der Waals surface area contributed by atoms with E-state index < -0.39 is 39.0 Å². The van der Waals surface area contributed by atoms with Crippen LogP contribution in [0.2, 0.25) is 0 Å². The first-order valence-electron chi connectivity index (χ1n) is 12.2. The fourth-order valence-corrected chi connectivity index (χ4v) is 5.12. The molecular weight excluding hydrogens is 557 g/mol. The highest BCUT2D eigenvalue weighted by Crippen LogP contribution is 2.33. The highest BCUT2D eigenvalue weighted by molar-refractivity contribution is 7.93. The molecule has 2 N–H and O–H groups in total. The molecule has 0 aliphatic rings. The van der Waals surface area contributed by atoms with Crippen molar-refractivity contribution < 1.29 is 32.5 Å². The van der Waals surface area contributed by atoms with Crippen molar-refractivity contribution in [3.63, 3.8) is 0 Å². The minimum Gasteiger partial charge on any atom is -0.444 e. The third-order valence-electron chi connectivity index (χ3n) is 4.96. The summed E-state index contributed by atoms with van der Waals surface area (Å²) in [6.45, 7) is 10.2. The monoisotopic (exact) mass is 589 g/mol. The molecule has 1 heterocycles. The van der Waals surface area contributed by atoms with E-state index in [9.17, 15) is 23.0 Å². The number of rotatable bonds is 5. The molecule has 9 nitrogen and oxygen atoms in total. The standard InChI is InChI=1S/C28H32FN3O6S2/c1-27(2,3)37-25(34)31-20-13-10-18(22-14-15-23(29)39-22)16-21(20)30-24(33)17-8-11-19(12-9-17)40(7,36)32-26(35)38-28(4,5)6/h8-16H,1-7H3,(H,30,33)(H,31,34)/t40-/m1/s1. The second kappa shape index (κ2) is 11.8. The molecule has 0 aliphatic heterocycles. The van der Waals surface area contributed by atoms with Gasteiger partial charge in [-0.05, 0) is 95.6 Å². The van der Waals surface area contributed by atoms with Crippen LogP contribution in [0.4, 0.5) is 25.4 Å². The van der Waals surface area contributed by atoms with Gasteiger partial charge in [-0.25, -0.2) is 13.8 Å². The molecule has 40 heavy (non-hydrogen) atoms. The van der Waals surface area contributed by atoms with Crippen LogP contribution in [0.1, 0.15) is 51.9 Å². The van der Waals surface area contributed by atoms with E-state index in [1.54, 1.807) is 65.8 Å². The van der Waals surface area contributed by atoms with Gasteiger partial charge in [0.05, 0.1) is 21.1 Å². The van der Waals surface area contributed by atoms with Crippen molar-refractivity contribution in [1.29, 1.82) is 0 Å². The van der Waals surface area contributed by atoms with Gasteiger partial charge in [-0.2, -0.15) is 4.39 Å². The van der Waals surface area contributed by atoms with Crippen LogP contribution in [-0.2, 0) is 19.2 Å². The molecule has 214 valence electrons. The Bertz CT molecular complexity index is 1540. The highest BCUT2D eigenvalue weighted by Gasteiger charge is 2.20. The van der Waals surface area contributed by atoms with Crippen LogP contribution in [0.15, 0.2) is 63.9 Å². The van der Waals surface area contributed by atoms with Crippen molar-refractivity contribution in [2.45, 2.75) is 57.6 Å². The molecule has 3 rings (SSSR count). The van der Waals surface area contributed by atoms with Gasteiger partial charge >= 0.3 is 12.2 Å². The number of carbonyl (C=O) groups excluding carboxylic acids is 3. The summed E-state index contributed by atoms with van der Waals surface area (Å²) in [5, 5.41) is 5.03. The van der Waals surface area contributed by atoms with Gasteiger partial charge in [-0.15, -0.1) is 15.7 Å². The Morgan fingerprint density at radius 1 is 0.850 bits per heavy atom. The van der Waals surface area contributed by atoms with E-state index >= 15 is 0 Å². The zero-order chi connectivity index (χ0) is 29.9. The number of thiophene rings is 1. The molecule has 3 aromatic rings. The number of nitrogens with zero attached hydrogens (tertiary/aromatic N) is 1. The van der Waals surface area contributed by atoms with Crippen LogP contribution in [0.3, 0.4) is 0 Å². The second-order valence-electron chi connectivity index (χ2n) is 10.8. The van der Waals surface area contributed by atoms with Gasteiger partial charge in [0.15, 0.2) is 5.13 Å². The maximum atomic E-state index is 13.6. The Labute approximate surface area is 237 Å². The molecule has 0 aliphatic carbocycles. The summed E-state index contributed by atoms with van der Waals surface area (Å²) >= 11 is 0.943. The molecule has 0 bridgehead atoms. The summed E-state index contributed by atoms with van der Waals surface area (Å²) in [5.41, 5.74) is -0.157. The highest BCUT2D eigenvalue weighted by atomic mass is 32.2. The number of anilines is 2. The van der Waals surface area contributed by atoms with Gasteiger partial charge in [-0.3, -0.25) is 10.1 Å². The summed E-state index contributed by atoms with van der Waals surface area (Å²) in [7, 11) is -3.12. The van der Waals surface area contributed by atoms with E-state index in [1.807, 2.05) is 0 Å². The third kappa shape index (κ3) is 8.88. The van der Waals surface area contributed by atoms with Gasteiger partial charge in [-0.1, -0.05) is 6.07 Å². The Hall–Kier alpha value is -3.77. The minimum absolute atomic E-state index is 0.215. The zero-order valence-electron chi connectivity index (χ0n) is 23.3. The first kappa shape index (κ1) is 30.8. The summed E-state index contributed by atoms with van der Waals surface area (Å²) in [4.78, 5) is 38.5. The van der Waals surface area contributed by atoms with Crippen LogP contribution < -0.4 is 10.6 Å². The zero-order valence-corrected chi connectivity index (χ0v) is 24.9. The number of benzene rings is 2. The normalized spacial score (nSPS) is 13.1. The topological polar surface area (TPSA) is 123 Å². The number of halogens is 1. The Morgan fingerprint density at radius 2 is 1.48 bits per heavy atom. The number of carbonyl (C=O) groups is 3. The average Bonchev–Trinajstić information content (AvgIpc) is 3.23. The van der Waals surface area contributed by atoms with E-state index in [2.05, 4.69) is 15.0 Å². The summed E-state index contributed by atoms with van der Waals surface area (Å²) in [5.74, 6) is -0.528. The Balaban J connectivity index is 1.88. The van der Waals surface area contributed by atoms with Crippen LogP contribution in [-0.4, -0.2) is 39.8 Å². The molecule has 0 radical (unpaired) electrons. The second-order valence-corrected chi connectivity index (χ2v) is 14.1. The van der Waals surface area contributed by atoms with E-state index in [0.717, 1.165) is 11.3 Å². The molecule has 1 aromatic heterocycles. The molecular formula is C28H32FN3O6S2. The fraction of sp³-hybridized carbons (Fsp3) is 0.321. The fourth-order valence-electron chi connectivity index (χ4n) is 3.32. The van der Waals surface area contributed by atoms with E-state index in [-0.39, 0.29) is 27.0 Å². The summed E-state index contributed by atoms with van der Waals surface area (Å²) < 4.78 is 40.8. The van der Waals surface area contributed by atoms with Crippen molar-refractivity contribution in [3.8, 4) is 10.4 Å². The summed E-state index contributed by atoms with van der Waals surface area (Å²) in [6.07, 6.45) is -0.356. The number of nitrogens with one attached hydrogen (secondary N) is 2. The summed E-state index contributed by atoms with van der Waals surface area (Å²) in [6, 6.07) is 13.6. The molecule has 0 fully saturated rings. The van der Waals surface area contributed by atoms with Crippen molar-refractivity contribution >= 4 is 50.5 Å². The maximum Gasteiger partial charge on any atom is 0.442 e. The lowest BCUT2D eigenvalue weighted by Crippen LogP contribution is -2.27. The van der Waals surface area contributed by atoms with Gasteiger partial charge in [0.25, 0.3) is 5.91 Å². The molecule has 0 saturated heterocycles. The number of hydrogen-bond donors (Lipinski definition) is 2. The molecule has 12 heteroatoms.